The van der Waals surface area contributed by atoms with E-state index in [1.54, 1.807) is 7.11 Å². The third kappa shape index (κ3) is 3.95. The van der Waals surface area contributed by atoms with Crippen LogP contribution in [0, 0.1) is 0 Å². The fraction of sp³-hybridized carbons (Fsp3) is 0.533. The minimum atomic E-state index is 0.158. The maximum Gasteiger partial charge on any atom is 0.241 e. The van der Waals surface area contributed by atoms with Crippen molar-refractivity contribution in [3.8, 4) is 0 Å². The van der Waals surface area contributed by atoms with Gasteiger partial charge in [0.05, 0.1) is 13.2 Å². The standard InChI is InChI=1S/C15H23N3O2/c1-17-7-9-18(10-8-17)15(19)11-16-14-6-4-3-5-13(14)12-20-2/h3-6,16H,7-12H2,1-2H3. The van der Waals surface area contributed by atoms with Crippen molar-refractivity contribution in [2.24, 2.45) is 0 Å². The van der Waals surface area contributed by atoms with Gasteiger partial charge in [0, 0.05) is 44.5 Å². The van der Waals surface area contributed by atoms with Crippen molar-refractivity contribution in [1.29, 1.82) is 0 Å². The number of rotatable bonds is 5. The van der Waals surface area contributed by atoms with Crippen molar-refractivity contribution in [2.75, 3.05) is 52.2 Å². The van der Waals surface area contributed by atoms with Crippen molar-refractivity contribution in [1.82, 2.24) is 9.80 Å². The number of carbonyl (C=O) groups excluding carboxylic acids is 1. The molecule has 1 fully saturated rings. The Morgan fingerprint density at radius 1 is 1.25 bits per heavy atom. The van der Waals surface area contributed by atoms with E-state index in [1.165, 1.54) is 0 Å². The van der Waals surface area contributed by atoms with Crippen LogP contribution in [0.4, 0.5) is 5.69 Å². The highest BCUT2D eigenvalue weighted by molar-refractivity contribution is 5.81. The number of ether oxygens (including phenoxy) is 1. The Morgan fingerprint density at radius 3 is 2.65 bits per heavy atom. The summed E-state index contributed by atoms with van der Waals surface area (Å²) in [6.45, 7) is 4.42. The predicted octanol–water partition coefficient (Wildman–Crippen LogP) is 1.02. The molecule has 0 atom stereocenters. The molecule has 0 saturated carbocycles. The average molecular weight is 277 g/mol. The van der Waals surface area contributed by atoms with Gasteiger partial charge in [0.25, 0.3) is 0 Å². The predicted molar refractivity (Wildman–Crippen MR) is 79.7 cm³/mol. The Hall–Kier alpha value is -1.59. The fourth-order valence-corrected chi connectivity index (χ4v) is 2.31. The molecule has 1 aromatic carbocycles. The maximum atomic E-state index is 12.2. The lowest BCUT2D eigenvalue weighted by molar-refractivity contribution is -0.130. The Morgan fingerprint density at radius 2 is 1.95 bits per heavy atom. The van der Waals surface area contributed by atoms with Gasteiger partial charge in [0.15, 0.2) is 0 Å². The van der Waals surface area contributed by atoms with E-state index in [0.29, 0.717) is 13.2 Å². The van der Waals surface area contributed by atoms with Gasteiger partial charge in [0.1, 0.15) is 0 Å². The van der Waals surface area contributed by atoms with Gasteiger partial charge in [-0.05, 0) is 13.1 Å². The molecule has 5 heteroatoms. The SMILES string of the molecule is COCc1ccccc1NCC(=O)N1CCN(C)CC1. The highest BCUT2D eigenvalue weighted by Crippen LogP contribution is 2.15. The molecular weight excluding hydrogens is 254 g/mol. The Balaban J connectivity index is 1.87. The lowest BCUT2D eigenvalue weighted by atomic mass is 10.2. The number of anilines is 1. The molecule has 0 aliphatic carbocycles. The van der Waals surface area contributed by atoms with E-state index >= 15 is 0 Å². The second kappa shape index (κ2) is 7.26. The Kier molecular flexibility index (Phi) is 5.38. The minimum Gasteiger partial charge on any atom is -0.380 e. The van der Waals surface area contributed by atoms with Crippen LogP contribution in [0.15, 0.2) is 24.3 Å². The number of likely N-dealkylation sites (N-methyl/N-ethyl adjacent to an activating group) is 1. The lowest BCUT2D eigenvalue weighted by Gasteiger charge is -2.32. The van der Waals surface area contributed by atoms with E-state index < -0.39 is 0 Å². The topological polar surface area (TPSA) is 44.8 Å². The molecular formula is C15H23N3O2. The second-order valence-corrected chi connectivity index (χ2v) is 5.13. The molecule has 0 spiro atoms. The zero-order valence-electron chi connectivity index (χ0n) is 12.3. The number of piperazine rings is 1. The molecule has 0 radical (unpaired) electrons. The van der Waals surface area contributed by atoms with E-state index in [1.807, 2.05) is 29.2 Å². The van der Waals surface area contributed by atoms with Crippen LogP contribution in [0.1, 0.15) is 5.56 Å². The zero-order chi connectivity index (χ0) is 14.4. The number of carbonyl (C=O) groups is 1. The third-order valence-electron chi connectivity index (χ3n) is 3.60. The number of nitrogens with one attached hydrogen (secondary N) is 1. The van der Waals surface area contributed by atoms with Gasteiger partial charge in [-0.25, -0.2) is 0 Å². The molecule has 1 amide bonds. The van der Waals surface area contributed by atoms with Crippen molar-refractivity contribution in [3.05, 3.63) is 29.8 Å². The van der Waals surface area contributed by atoms with Gasteiger partial charge in [0.2, 0.25) is 5.91 Å². The van der Waals surface area contributed by atoms with Gasteiger partial charge in [-0.15, -0.1) is 0 Å². The minimum absolute atomic E-state index is 0.158. The number of hydrogen-bond acceptors (Lipinski definition) is 4. The maximum absolute atomic E-state index is 12.2. The zero-order valence-corrected chi connectivity index (χ0v) is 12.3. The molecule has 0 unspecified atom stereocenters. The normalized spacial score (nSPS) is 16.2. The fourth-order valence-electron chi connectivity index (χ4n) is 2.31. The molecule has 1 aromatic rings. The van der Waals surface area contributed by atoms with E-state index in [2.05, 4.69) is 17.3 Å². The molecule has 0 bridgehead atoms. The lowest BCUT2D eigenvalue weighted by Crippen LogP contribution is -2.48. The molecule has 1 N–H and O–H groups in total. The number of methoxy groups -OCH3 is 1. The summed E-state index contributed by atoms with van der Waals surface area (Å²) >= 11 is 0. The van der Waals surface area contributed by atoms with Crippen molar-refractivity contribution >= 4 is 11.6 Å². The molecule has 5 nitrogen and oxygen atoms in total. The van der Waals surface area contributed by atoms with Crippen LogP contribution in [0.5, 0.6) is 0 Å². The Labute approximate surface area is 120 Å². The van der Waals surface area contributed by atoms with E-state index in [-0.39, 0.29) is 5.91 Å². The molecule has 1 aliphatic rings. The summed E-state index contributed by atoms with van der Waals surface area (Å²) < 4.78 is 5.16. The Bertz CT molecular complexity index is 442. The van der Waals surface area contributed by atoms with Crippen LogP contribution in [0.25, 0.3) is 0 Å². The molecule has 2 rings (SSSR count). The quantitative estimate of drug-likeness (QED) is 0.873. The number of amides is 1. The number of nitrogens with zero attached hydrogens (tertiary/aromatic N) is 2. The number of hydrogen-bond donors (Lipinski definition) is 1. The van der Waals surface area contributed by atoms with E-state index in [9.17, 15) is 4.79 Å². The van der Waals surface area contributed by atoms with Crippen LogP contribution in [-0.2, 0) is 16.1 Å². The first-order valence-electron chi connectivity index (χ1n) is 6.97. The first-order chi connectivity index (χ1) is 9.70. The average Bonchev–Trinajstić information content (AvgIpc) is 2.47. The van der Waals surface area contributed by atoms with Crippen LogP contribution in [0.2, 0.25) is 0 Å². The highest BCUT2D eigenvalue weighted by atomic mass is 16.5. The van der Waals surface area contributed by atoms with Gasteiger partial charge < -0.3 is 19.9 Å². The van der Waals surface area contributed by atoms with Gasteiger partial charge in [-0.3, -0.25) is 4.79 Å². The van der Waals surface area contributed by atoms with Crippen LogP contribution >= 0.6 is 0 Å². The van der Waals surface area contributed by atoms with Crippen LogP contribution in [0.3, 0.4) is 0 Å². The summed E-state index contributed by atoms with van der Waals surface area (Å²) in [4.78, 5) is 16.3. The smallest absolute Gasteiger partial charge is 0.241 e. The number of benzene rings is 1. The van der Waals surface area contributed by atoms with Crippen LogP contribution < -0.4 is 5.32 Å². The summed E-state index contributed by atoms with van der Waals surface area (Å²) in [6.07, 6.45) is 0. The molecule has 1 aliphatic heterocycles. The second-order valence-electron chi connectivity index (χ2n) is 5.13. The van der Waals surface area contributed by atoms with E-state index in [4.69, 9.17) is 4.74 Å². The first kappa shape index (κ1) is 14.8. The third-order valence-corrected chi connectivity index (χ3v) is 3.60. The number of para-hydroxylation sites is 1. The molecule has 1 heterocycles. The van der Waals surface area contributed by atoms with Gasteiger partial charge in [-0.2, -0.15) is 0 Å². The van der Waals surface area contributed by atoms with Gasteiger partial charge >= 0.3 is 0 Å². The van der Waals surface area contributed by atoms with Crippen LogP contribution in [-0.4, -0.2) is 62.6 Å². The molecule has 110 valence electrons. The monoisotopic (exact) mass is 277 g/mol. The van der Waals surface area contributed by atoms with Crippen molar-refractivity contribution < 1.29 is 9.53 Å². The van der Waals surface area contributed by atoms with Crippen molar-refractivity contribution in [3.63, 3.8) is 0 Å². The highest BCUT2D eigenvalue weighted by Gasteiger charge is 2.18. The molecule has 20 heavy (non-hydrogen) atoms. The van der Waals surface area contributed by atoms with Crippen molar-refractivity contribution in [2.45, 2.75) is 6.61 Å². The molecule has 1 saturated heterocycles. The molecule has 0 aromatic heterocycles. The summed E-state index contributed by atoms with van der Waals surface area (Å²) in [5.74, 6) is 0.158. The summed E-state index contributed by atoms with van der Waals surface area (Å²) in [5.41, 5.74) is 2.04. The largest absolute Gasteiger partial charge is 0.380 e. The summed E-state index contributed by atoms with van der Waals surface area (Å²) in [7, 11) is 3.76. The summed E-state index contributed by atoms with van der Waals surface area (Å²) in [6, 6.07) is 7.92. The van der Waals surface area contributed by atoms with Gasteiger partial charge in [-0.1, -0.05) is 18.2 Å². The van der Waals surface area contributed by atoms with E-state index in [0.717, 1.165) is 37.4 Å². The first-order valence-corrected chi connectivity index (χ1v) is 6.97. The summed E-state index contributed by atoms with van der Waals surface area (Å²) in [5, 5.41) is 3.22.